The fraction of sp³-hybridized carbons (Fsp3) is 0.143. The number of aliphatic hydroxyl groups excluding tert-OH is 1. The molecule has 1 aromatic heterocycles. The van der Waals surface area contributed by atoms with Crippen LogP contribution in [-0.2, 0) is 21.8 Å². The van der Waals surface area contributed by atoms with E-state index in [0.717, 1.165) is 17.5 Å². The number of amides is 1. The van der Waals surface area contributed by atoms with E-state index in [2.05, 4.69) is 10.2 Å². The van der Waals surface area contributed by atoms with E-state index in [1.54, 1.807) is 36.4 Å². The van der Waals surface area contributed by atoms with E-state index in [-0.39, 0.29) is 22.3 Å². The number of benzene rings is 3. The minimum atomic E-state index is -0.853. The average Bonchev–Trinajstić information content (AvgIpc) is 3.50. The van der Waals surface area contributed by atoms with Crippen LogP contribution >= 0.6 is 23.1 Å². The molecule has 0 saturated carbocycles. The van der Waals surface area contributed by atoms with Crippen molar-refractivity contribution < 1.29 is 19.1 Å². The van der Waals surface area contributed by atoms with Crippen LogP contribution in [0.2, 0.25) is 0 Å². The minimum Gasteiger partial charge on any atom is -0.507 e. The number of nitrogens with zero attached hydrogens (tertiary/aromatic N) is 3. The summed E-state index contributed by atoms with van der Waals surface area (Å²) in [5.41, 5.74) is 3.17. The van der Waals surface area contributed by atoms with Gasteiger partial charge in [0.25, 0.3) is 5.78 Å². The van der Waals surface area contributed by atoms with E-state index in [1.807, 2.05) is 37.3 Å². The van der Waals surface area contributed by atoms with E-state index in [4.69, 9.17) is 0 Å². The van der Waals surface area contributed by atoms with Gasteiger partial charge in [0.2, 0.25) is 5.13 Å². The lowest BCUT2D eigenvalue weighted by molar-refractivity contribution is -0.132. The third-order valence-corrected chi connectivity index (χ3v) is 8.20. The monoisotopic (exact) mass is 531 g/mol. The average molecular weight is 532 g/mol. The molecule has 1 aliphatic heterocycles. The van der Waals surface area contributed by atoms with E-state index < -0.39 is 17.7 Å². The summed E-state index contributed by atoms with van der Waals surface area (Å²) >= 11 is 2.59. The first-order chi connectivity index (χ1) is 18.0. The zero-order valence-corrected chi connectivity index (χ0v) is 21.4. The number of aryl methyl sites for hydroxylation is 1. The molecule has 0 bridgehead atoms. The van der Waals surface area contributed by atoms with Crippen molar-refractivity contribution in [1.82, 2.24) is 10.2 Å². The van der Waals surface area contributed by atoms with Gasteiger partial charge in [-0.2, -0.15) is 0 Å². The first-order valence-electron chi connectivity index (χ1n) is 11.6. The quantitative estimate of drug-likeness (QED) is 0.101. The Labute approximate surface area is 221 Å². The molecule has 9 heteroatoms. The molecule has 1 saturated heterocycles. The van der Waals surface area contributed by atoms with Crippen LogP contribution < -0.4 is 4.90 Å². The molecule has 1 amide bonds. The molecule has 0 spiro atoms. The van der Waals surface area contributed by atoms with Crippen molar-refractivity contribution in [2.24, 2.45) is 0 Å². The summed E-state index contributed by atoms with van der Waals surface area (Å²) in [6, 6.07) is 21.7. The zero-order chi connectivity index (χ0) is 25.9. The highest BCUT2D eigenvalue weighted by atomic mass is 32.2. The number of halogens is 1. The van der Waals surface area contributed by atoms with Crippen LogP contribution in [0.15, 0.2) is 88.8 Å². The van der Waals surface area contributed by atoms with Gasteiger partial charge in [-0.1, -0.05) is 96.8 Å². The molecule has 3 aromatic carbocycles. The summed E-state index contributed by atoms with van der Waals surface area (Å²) in [6.07, 6.45) is 0.843. The van der Waals surface area contributed by atoms with Crippen LogP contribution in [0, 0.1) is 5.82 Å². The standard InChI is InChI=1S/C28H22FN3O3S2/c1-2-17-8-12-19(13-9-17)23-22(24(33)20-6-4-3-5-7-20)25(34)26(35)32(23)27-30-31-28(37-27)36-16-18-10-14-21(29)15-11-18/h3-15,23,33H,2,16H2,1H3/b24-22-. The van der Waals surface area contributed by atoms with Gasteiger partial charge < -0.3 is 5.11 Å². The predicted octanol–water partition coefficient (Wildman–Crippen LogP) is 6.16. The Hall–Kier alpha value is -3.82. The maximum absolute atomic E-state index is 13.3. The number of rotatable bonds is 7. The molecular formula is C28H22FN3O3S2. The SMILES string of the molecule is CCc1ccc(C2/C(=C(/O)c3ccccc3)C(=O)C(=O)N2c2nnc(SCc3ccc(F)cc3)s2)cc1. The van der Waals surface area contributed by atoms with Crippen molar-refractivity contribution in [2.45, 2.75) is 29.5 Å². The summed E-state index contributed by atoms with van der Waals surface area (Å²) in [5.74, 6) is -1.54. The molecule has 1 N–H and O–H groups in total. The van der Waals surface area contributed by atoms with Gasteiger partial charge in [0, 0.05) is 11.3 Å². The minimum absolute atomic E-state index is 0.0103. The highest BCUT2D eigenvalue weighted by Gasteiger charge is 2.48. The number of carbonyl (C=O) groups excluding carboxylic acids is 2. The number of carbonyl (C=O) groups is 2. The topological polar surface area (TPSA) is 83.4 Å². The van der Waals surface area contributed by atoms with Gasteiger partial charge >= 0.3 is 5.91 Å². The van der Waals surface area contributed by atoms with Gasteiger partial charge in [0.15, 0.2) is 4.34 Å². The van der Waals surface area contributed by atoms with Gasteiger partial charge in [0.1, 0.15) is 11.6 Å². The molecule has 2 heterocycles. The fourth-order valence-corrected chi connectivity index (χ4v) is 5.94. The second kappa shape index (κ2) is 10.7. The van der Waals surface area contributed by atoms with Crippen LogP contribution in [0.25, 0.3) is 5.76 Å². The summed E-state index contributed by atoms with van der Waals surface area (Å²) in [6.45, 7) is 2.04. The molecular weight excluding hydrogens is 509 g/mol. The Bertz CT molecular complexity index is 1470. The maximum Gasteiger partial charge on any atom is 0.301 e. The molecule has 6 nitrogen and oxygen atoms in total. The molecule has 5 rings (SSSR count). The van der Waals surface area contributed by atoms with E-state index in [1.165, 1.54) is 40.1 Å². The number of hydrogen-bond donors (Lipinski definition) is 1. The number of anilines is 1. The Kier molecular flexibility index (Phi) is 7.16. The smallest absolute Gasteiger partial charge is 0.301 e. The Balaban J connectivity index is 1.52. The van der Waals surface area contributed by atoms with Gasteiger partial charge in [-0.25, -0.2) is 4.39 Å². The van der Waals surface area contributed by atoms with Crippen LogP contribution in [0.3, 0.4) is 0 Å². The highest BCUT2D eigenvalue weighted by Crippen LogP contribution is 2.44. The third kappa shape index (κ3) is 5.05. The second-order valence-corrected chi connectivity index (χ2v) is 10.6. The molecule has 1 atom stereocenters. The molecule has 186 valence electrons. The zero-order valence-electron chi connectivity index (χ0n) is 19.8. The number of hydrogen-bond acceptors (Lipinski definition) is 7. The van der Waals surface area contributed by atoms with Crippen LogP contribution in [-0.4, -0.2) is 27.0 Å². The Morgan fingerprint density at radius 1 is 0.973 bits per heavy atom. The number of Topliss-reactive ketones (excluding diaryl/α,β-unsaturated/α-hetero) is 1. The predicted molar refractivity (Wildman–Crippen MR) is 143 cm³/mol. The number of ketones is 1. The number of thioether (sulfide) groups is 1. The Morgan fingerprint density at radius 3 is 2.32 bits per heavy atom. The second-order valence-electron chi connectivity index (χ2n) is 8.40. The van der Waals surface area contributed by atoms with Crippen molar-refractivity contribution in [2.75, 3.05) is 4.90 Å². The molecule has 37 heavy (non-hydrogen) atoms. The van der Waals surface area contributed by atoms with Crippen molar-refractivity contribution in [1.29, 1.82) is 0 Å². The lowest BCUT2D eigenvalue weighted by Crippen LogP contribution is -2.29. The van der Waals surface area contributed by atoms with Crippen molar-refractivity contribution in [3.05, 3.63) is 113 Å². The molecule has 1 unspecified atom stereocenters. The number of aliphatic hydroxyl groups is 1. The van der Waals surface area contributed by atoms with Crippen molar-refractivity contribution in [3.8, 4) is 0 Å². The van der Waals surface area contributed by atoms with Gasteiger partial charge in [0.05, 0.1) is 11.6 Å². The summed E-state index contributed by atoms with van der Waals surface area (Å²) in [5, 5.41) is 19.9. The van der Waals surface area contributed by atoms with Crippen molar-refractivity contribution in [3.63, 3.8) is 0 Å². The van der Waals surface area contributed by atoms with Gasteiger partial charge in [-0.15, -0.1) is 10.2 Å². The fourth-order valence-electron chi connectivity index (χ4n) is 4.12. The summed E-state index contributed by atoms with van der Waals surface area (Å²) in [7, 11) is 0. The lowest BCUT2D eigenvalue weighted by Gasteiger charge is -2.22. The van der Waals surface area contributed by atoms with Crippen LogP contribution in [0.4, 0.5) is 9.52 Å². The van der Waals surface area contributed by atoms with Crippen LogP contribution in [0.5, 0.6) is 0 Å². The summed E-state index contributed by atoms with van der Waals surface area (Å²) < 4.78 is 13.8. The molecule has 1 fully saturated rings. The molecule has 0 aliphatic carbocycles. The first-order valence-corrected chi connectivity index (χ1v) is 13.4. The maximum atomic E-state index is 13.3. The molecule has 1 aliphatic rings. The van der Waals surface area contributed by atoms with E-state index >= 15 is 0 Å². The summed E-state index contributed by atoms with van der Waals surface area (Å²) in [4.78, 5) is 27.9. The van der Waals surface area contributed by atoms with E-state index in [9.17, 15) is 19.1 Å². The molecule has 4 aromatic rings. The Morgan fingerprint density at radius 2 is 1.65 bits per heavy atom. The number of aromatic nitrogens is 2. The molecule has 0 radical (unpaired) electrons. The van der Waals surface area contributed by atoms with Crippen LogP contribution in [0.1, 0.15) is 35.2 Å². The first kappa shape index (κ1) is 24.9. The van der Waals surface area contributed by atoms with Gasteiger partial charge in [-0.05, 0) is 35.2 Å². The van der Waals surface area contributed by atoms with E-state index in [0.29, 0.717) is 21.2 Å². The van der Waals surface area contributed by atoms with Crippen molar-refractivity contribution >= 4 is 45.7 Å². The third-order valence-electron chi connectivity index (χ3n) is 6.07. The normalized spacial score (nSPS) is 16.9. The lowest BCUT2D eigenvalue weighted by atomic mass is 9.94. The largest absolute Gasteiger partial charge is 0.507 e. The highest BCUT2D eigenvalue weighted by molar-refractivity contribution is 8.00. The van der Waals surface area contributed by atoms with Gasteiger partial charge in [-0.3, -0.25) is 14.5 Å².